The van der Waals surface area contributed by atoms with Crippen LogP contribution in [0, 0.1) is 18.3 Å². The van der Waals surface area contributed by atoms with Crippen molar-refractivity contribution in [1.82, 2.24) is 14.2 Å². The Labute approximate surface area is 301 Å². The van der Waals surface area contributed by atoms with Gasteiger partial charge in [-0.15, -0.1) is 0 Å². The van der Waals surface area contributed by atoms with Crippen molar-refractivity contribution in [2.24, 2.45) is 0 Å². The molecule has 0 spiro atoms. The Bertz CT molecular complexity index is 1830. The van der Waals surface area contributed by atoms with Gasteiger partial charge in [0.1, 0.15) is 17.1 Å². The van der Waals surface area contributed by atoms with Gasteiger partial charge in [0.25, 0.3) is 14.1 Å². The number of nitrogens with one attached hydrogen (secondary N) is 1. The van der Waals surface area contributed by atoms with Crippen LogP contribution in [0.4, 0.5) is 0 Å². The van der Waals surface area contributed by atoms with Crippen LogP contribution >= 0.6 is 8.53 Å². The van der Waals surface area contributed by atoms with Crippen LogP contribution in [0.2, 0.25) is 0 Å². The first-order valence-electron chi connectivity index (χ1n) is 16.7. The molecule has 0 saturated carbocycles. The van der Waals surface area contributed by atoms with Crippen LogP contribution < -0.4 is 20.7 Å². The van der Waals surface area contributed by atoms with E-state index in [1.807, 2.05) is 78.9 Å². The minimum atomic E-state index is -1.61. The van der Waals surface area contributed by atoms with E-state index >= 15 is 0 Å². The molecule has 0 fully saturated rings. The molecule has 0 bridgehead atoms. The molecule has 1 N–H and O–H groups in total. The van der Waals surface area contributed by atoms with E-state index in [-0.39, 0.29) is 38.3 Å². The van der Waals surface area contributed by atoms with Crippen molar-refractivity contribution < 1.29 is 23.3 Å². The Morgan fingerprint density at radius 2 is 1.41 bits per heavy atom. The Kier molecular flexibility index (Phi) is 14.3. The lowest BCUT2D eigenvalue weighted by Gasteiger charge is -2.37. The highest BCUT2D eigenvalue weighted by molar-refractivity contribution is 7.44. The van der Waals surface area contributed by atoms with Gasteiger partial charge in [-0.25, -0.2) is 9.46 Å². The molecule has 4 aromatic rings. The summed E-state index contributed by atoms with van der Waals surface area (Å²) in [5.74, 6) is 1.39. The second kappa shape index (κ2) is 18.6. The Balaban J connectivity index is 1.86. The van der Waals surface area contributed by atoms with E-state index in [1.54, 1.807) is 27.3 Å². The van der Waals surface area contributed by atoms with Crippen LogP contribution in [0.25, 0.3) is 6.20 Å². The standard InChI is InChI=1S/C39H47N4O7P/c1-28(2)43(29(3)4)51(49-23-11-22-40)50-27-31(25-42-24-30(5)37(44)41-38(42)45)26-48-39(32-12-9-8-10-13-32,33-14-18-35(46-6)19-15-33)34-16-20-36(47-7)21-17-34/h8-10,12-21,24-25,28-29H,11,23,26-27H2,1-7H3,(H,41,44,45)/b31-25-. The number of H-pyrrole nitrogens is 1. The Morgan fingerprint density at radius 3 is 1.92 bits per heavy atom. The summed E-state index contributed by atoms with van der Waals surface area (Å²) in [6, 6.07) is 27.6. The smallest absolute Gasteiger partial charge is 0.332 e. The summed E-state index contributed by atoms with van der Waals surface area (Å²) in [6.45, 7) is 10.1. The normalized spacial score (nSPS) is 12.7. The number of rotatable bonds is 18. The van der Waals surface area contributed by atoms with Gasteiger partial charge < -0.3 is 23.3 Å². The molecule has 0 aliphatic carbocycles. The summed E-state index contributed by atoms with van der Waals surface area (Å²) in [5, 5.41) is 9.20. The van der Waals surface area contributed by atoms with Gasteiger partial charge in [-0.2, -0.15) is 5.26 Å². The molecule has 0 aliphatic rings. The molecule has 51 heavy (non-hydrogen) atoms. The number of aromatic nitrogens is 2. The lowest BCUT2D eigenvalue weighted by molar-refractivity contribution is 0.0247. The highest BCUT2D eigenvalue weighted by Crippen LogP contribution is 2.47. The Morgan fingerprint density at radius 1 is 0.863 bits per heavy atom. The van der Waals surface area contributed by atoms with Gasteiger partial charge in [-0.05, 0) is 81.1 Å². The summed E-state index contributed by atoms with van der Waals surface area (Å²) in [4.78, 5) is 27.6. The largest absolute Gasteiger partial charge is 0.497 e. The maximum Gasteiger partial charge on any atom is 0.332 e. The van der Waals surface area contributed by atoms with Crippen molar-refractivity contribution in [2.45, 2.75) is 58.7 Å². The number of hydrogen-bond donors (Lipinski definition) is 1. The zero-order valence-corrected chi connectivity index (χ0v) is 31.2. The molecule has 1 atom stereocenters. The van der Waals surface area contributed by atoms with Crippen LogP contribution in [0.5, 0.6) is 11.5 Å². The topological polar surface area (TPSA) is 128 Å². The van der Waals surface area contributed by atoms with E-state index in [0.29, 0.717) is 22.6 Å². The van der Waals surface area contributed by atoms with Crippen molar-refractivity contribution >= 4 is 14.7 Å². The summed E-state index contributed by atoms with van der Waals surface area (Å²) >= 11 is 0. The fraction of sp³-hybridized carbons (Fsp3) is 0.359. The summed E-state index contributed by atoms with van der Waals surface area (Å²) in [7, 11) is 1.63. The number of benzene rings is 3. The van der Waals surface area contributed by atoms with Gasteiger partial charge in [0.15, 0.2) is 0 Å². The number of aryl methyl sites for hydroxylation is 1. The molecule has 12 heteroatoms. The van der Waals surface area contributed by atoms with Crippen molar-refractivity contribution in [3.63, 3.8) is 0 Å². The highest BCUT2D eigenvalue weighted by atomic mass is 31.2. The zero-order chi connectivity index (χ0) is 37.0. The van der Waals surface area contributed by atoms with Crippen molar-refractivity contribution in [1.29, 1.82) is 5.26 Å². The maximum absolute atomic E-state index is 13.0. The molecule has 270 valence electrons. The van der Waals surface area contributed by atoms with Crippen molar-refractivity contribution in [3.8, 4) is 17.6 Å². The monoisotopic (exact) mass is 714 g/mol. The first kappa shape index (κ1) is 39.2. The average molecular weight is 715 g/mol. The summed E-state index contributed by atoms with van der Waals surface area (Å²) < 4.78 is 34.3. The molecule has 1 aromatic heterocycles. The number of nitrogens with zero attached hydrogens (tertiary/aromatic N) is 3. The fourth-order valence-electron chi connectivity index (χ4n) is 5.72. The minimum absolute atomic E-state index is 0.00227. The molecule has 3 aromatic carbocycles. The van der Waals surface area contributed by atoms with Crippen molar-refractivity contribution in [2.75, 3.05) is 34.0 Å². The molecule has 1 heterocycles. The average Bonchev–Trinajstić information content (AvgIpc) is 3.13. The maximum atomic E-state index is 13.0. The molecule has 1 unspecified atom stereocenters. The predicted molar refractivity (Wildman–Crippen MR) is 200 cm³/mol. The van der Waals surface area contributed by atoms with Crippen LogP contribution in [0.15, 0.2) is 100 Å². The highest BCUT2D eigenvalue weighted by Gasteiger charge is 2.38. The van der Waals surface area contributed by atoms with Crippen LogP contribution in [0.1, 0.15) is 56.4 Å². The molecular formula is C39H47N4O7P. The SMILES string of the molecule is COc1ccc(C(OC/C(=C/n2cc(C)c(=O)[nH]c2=O)COP(OCCC#N)N(C(C)C)C(C)C)(c2ccccc2)c2ccc(OC)cc2)cc1. The molecule has 0 aliphatic heterocycles. The molecular weight excluding hydrogens is 667 g/mol. The van der Waals surface area contributed by atoms with E-state index in [0.717, 1.165) is 16.7 Å². The van der Waals surface area contributed by atoms with E-state index in [1.165, 1.54) is 10.8 Å². The minimum Gasteiger partial charge on any atom is -0.497 e. The Hall–Kier alpha value is -4.56. The van der Waals surface area contributed by atoms with Gasteiger partial charge in [0.2, 0.25) is 0 Å². The van der Waals surface area contributed by atoms with E-state index in [2.05, 4.69) is 43.4 Å². The van der Waals surface area contributed by atoms with Crippen molar-refractivity contribution in [3.05, 3.63) is 134 Å². The number of hydrogen-bond acceptors (Lipinski definition) is 9. The van der Waals surface area contributed by atoms with Crippen LogP contribution in [0.3, 0.4) is 0 Å². The van der Waals surface area contributed by atoms with Gasteiger partial charge in [0.05, 0.1) is 46.5 Å². The zero-order valence-electron chi connectivity index (χ0n) is 30.3. The number of ether oxygens (including phenoxy) is 3. The second-order valence-electron chi connectivity index (χ2n) is 12.4. The second-order valence-corrected chi connectivity index (χ2v) is 13.8. The third kappa shape index (κ3) is 9.82. The van der Waals surface area contributed by atoms with Crippen LogP contribution in [-0.4, -0.2) is 60.3 Å². The van der Waals surface area contributed by atoms with E-state index in [4.69, 9.17) is 23.3 Å². The number of aromatic amines is 1. The molecule has 4 rings (SSSR count). The number of nitriles is 1. The van der Waals surface area contributed by atoms with E-state index < -0.39 is 25.4 Å². The first-order valence-corrected chi connectivity index (χ1v) is 17.9. The van der Waals surface area contributed by atoms with Gasteiger partial charge in [-0.1, -0.05) is 54.6 Å². The molecule has 0 radical (unpaired) electrons. The molecule has 11 nitrogen and oxygen atoms in total. The third-order valence-electron chi connectivity index (χ3n) is 8.14. The predicted octanol–water partition coefficient (Wildman–Crippen LogP) is 7.00. The molecule has 0 amide bonds. The quantitative estimate of drug-likeness (QED) is 0.0658. The summed E-state index contributed by atoms with van der Waals surface area (Å²) in [5.41, 5.74) is 1.31. The summed E-state index contributed by atoms with van der Waals surface area (Å²) in [6.07, 6.45) is 3.33. The third-order valence-corrected chi connectivity index (χ3v) is 10.2. The molecule has 0 saturated heterocycles. The lowest BCUT2D eigenvalue weighted by Crippen LogP contribution is -2.35. The van der Waals surface area contributed by atoms with Crippen LogP contribution in [-0.2, 0) is 19.4 Å². The fourth-order valence-corrected chi connectivity index (χ4v) is 7.34. The lowest BCUT2D eigenvalue weighted by atomic mass is 9.80. The van der Waals surface area contributed by atoms with E-state index in [9.17, 15) is 14.9 Å². The van der Waals surface area contributed by atoms with Gasteiger partial charge >= 0.3 is 5.69 Å². The van der Waals surface area contributed by atoms with Gasteiger partial charge in [-0.3, -0.25) is 14.3 Å². The first-order chi connectivity index (χ1) is 24.5. The van der Waals surface area contributed by atoms with Gasteiger partial charge in [0, 0.05) is 30.0 Å². The number of methoxy groups -OCH3 is 2.